The summed E-state index contributed by atoms with van der Waals surface area (Å²) in [7, 11) is 0. The molecule has 1 amide bonds. The Kier molecular flexibility index (Phi) is 4.87. The fraction of sp³-hybridized carbons (Fsp3) is 0.385. The van der Waals surface area contributed by atoms with Gasteiger partial charge in [-0.05, 0) is 52.7 Å². The van der Waals surface area contributed by atoms with Gasteiger partial charge in [0.1, 0.15) is 0 Å². The van der Waals surface area contributed by atoms with E-state index in [-0.39, 0.29) is 16.7 Å². The number of rotatable bonds is 3. The summed E-state index contributed by atoms with van der Waals surface area (Å²) in [5.41, 5.74) is 0.672. The average Bonchev–Trinajstić information content (AvgIpc) is 2.41. The first-order chi connectivity index (χ1) is 9.08. The Morgan fingerprint density at radius 3 is 2.79 bits per heavy atom. The van der Waals surface area contributed by atoms with Crippen LogP contribution in [0, 0.1) is 0 Å². The van der Waals surface area contributed by atoms with Crippen molar-refractivity contribution in [2.24, 2.45) is 0 Å². The Labute approximate surface area is 124 Å². The molecule has 1 saturated heterocycles. The molecule has 1 aliphatic rings. The van der Waals surface area contributed by atoms with Crippen molar-refractivity contribution in [3.63, 3.8) is 0 Å². The second-order valence-electron chi connectivity index (χ2n) is 4.34. The lowest BCUT2D eigenvalue weighted by Crippen LogP contribution is -2.27. The van der Waals surface area contributed by atoms with E-state index in [2.05, 4.69) is 21.2 Å². The van der Waals surface area contributed by atoms with Gasteiger partial charge < -0.3 is 10.4 Å². The zero-order chi connectivity index (χ0) is 13.8. The summed E-state index contributed by atoms with van der Waals surface area (Å²) in [5, 5.41) is 11.8. The van der Waals surface area contributed by atoms with E-state index in [9.17, 15) is 9.59 Å². The van der Waals surface area contributed by atoms with Crippen molar-refractivity contribution in [3.05, 3.63) is 28.2 Å². The van der Waals surface area contributed by atoms with E-state index >= 15 is 0 Å². The fourth-order valence-corrected chi connectivity index (χ4v) is 3.55. The molecule has 0 bridgehead atoms. The maximum Gasteiger partial charge on any atom is 0.336 e. The molecule has 102 valence electrons. The molecule has 6 heteroatoms. The zero-order valence-electron chi connectivity index (χ0n) is 10.2. The Bertz CT molecular complexity index is 501. The minimum absolute atomic E-state index is 0.0225. The number of nitrogens with one attached hydrogen (secondary N) is 1. The summed E-state index contributed by atoms with van der Waals surface area (Å²) < 4.78 is 0.505. The van der Waals surface area contributed by atoms with Crippen molar-refractivity contribution < 1.29 is 14.7 Å². The third-order valence-electron chi connectivity index (χ3n) is 2.94. The van der Waals surface area contributed by atoms with Crippen LogP contribution in [0.25, 0.3) is 0 Å². The lowest BCUT2D eigenvalue weighted by molar-refractivity contribution is -0.115. The zero-order valence-corrected chi connectivity index (χ0v) is 12.6. The first-order valence-electron chi connectivity index (χ1n) is 6.03. The van der Waals surface area contributed by atoms with Crippen LogP contribution < -0.4 is 5.32 Å². The molecule has 1 unspecified atom stereocenters. The van der Waals surface area contributed by atoms with E-state index in [1.165, 1.54) is 6.07 Å². The van der Waals surface area contributed by atoms with Gasteiger partial charge in [0.05, 0.1) is 10.8 Å². The summed E-state index contributed by atoms with van der Waals surface area (Å²) in [6.07, 6.45) is 3.13. The molecule has 0 radical (unpaired) electrons. The van der Waals surface area contributed by atoms with Crippen molar-refractivity contribution in [2.75, 3.05) is 11.1 Å². The highest BCUT2D eigenvalue weighted by atomic mass is 79.9. The number of aromatic carboxylic acids is 1. The minimum atomic E-state index is -1.02. The van der Waals surface area contributed by atoms with Crippen LogP contribution in [-0.4, -0.2) is 28.0 Å². The molecule has 2 rings (SSSR count). The van der Waals surface area contributed by atoms with Gasteiger partial charge in [-0.2, -0.15) is 0 Å². The van der Waals surface area contributed by atoms with Crippen molar-refractivity contribution in [1.29, 1.82) is 0 Å². The summed E-state index contributed by atoms with van der Waals surface area (Å²) in [6.45, 7) is 0. The van der Waals surface area contributed by atoms with Gasteiger partial charge in [0, 0.05) is 10.2 Å². The number of amides is 1. The summed E-state index contributed by atoms with van der Waals surface area (Å²) in [6, 6.07) is 4.80. The van der Waals surface area contributed by atoms with Gasteiger partial charge in [-0.3, -0.25) is 4.79 Å². The third-order valence-corrected chi connectivity index (χ3v) is 5.00. The lowest BCUT2D eigenvalue weighted by Gasteiger charge is -2.20. The standard InChI is InChI=1S/C13H14BrNO3S/c14-10-5-4-8(7-9(10)13(17)18)15-12(16)11-3-1-2-6-19-11/h4-5,7,11H,1-3,6H2,(H,15,16)(H,17,18). The quantitative estimate of drug-likeness (QED) is 0.882. The highest BCUT2D eigenvalue weighted by Crippen LogP contribution is 2.27. The molecule has 2 N–H and O–H groups in total. The normalized spacial score (nSPS) is 18.9. The number of carbonyl (C=O) groups is 2. The predicted molar refractivity (Wildman–Crippen MR) is 79.8 cm³/mol. The maximum atomic E-state index is 12.0. The predicted octanol–water partition coefficient (Wildman–Crippen LogP) is 3.37. The first-order valence-corrected chi connectivity index (χ1v) is 7.87. The lowest BCUT2D eigenvalue weighted by atomic mass is 10.1. The first kappa shape index (κ1) is 14.4. The number of carboxylic acid groups (broad SMARTS) is 1. The van der Waals surface area contributed by atoms with Crippen molar-refractivity contribution in [1.82, 2.24) is 0 Å². The number of carbonyl (C=O) groups excluding carboxylic acids is 1. The van der Waals surface area contributed by atoms with Gasteiger partial charge in [-0.25, -0.2) is 4.79 Å². The topological polar surface area (TPSA) is 66.4 Å². The van der Waals surface area contributed by atoms with Gasteiger partial charge in [0.2, 0.25) is 5.91 Å². The number of thioether (sulfide) groups is 1. The molecule has 1 aliphatic heterocycles. The molecule has 1 aromatic rings. The molecule has 1 heterocycles. The van der Waals surface area contributed by atoms with E-state index in [1.54, 1.807) is 23.9 Å². The van der Waals surface area contributed by atoms with Crippen LogP contribution in [0.1, 0.15) is 29.6 Å². The number of hydrogen-bond acceptors (Lipinski definition) is 3. The molecular formula is C13H14BrNO3S. The van der Waals surface area contributed by atoms with Crippen molar-refractivity contribution in [3.8, 4) is 0 Å². The van der Waals surface area contributed by atoms with Crippen molar-refractivity contribution in [2.45, 2.75) is 24.5 Å². The maximum absolute atomic E-state index is 12.0. The average molecular weight is 344 g/mol. The molecule has 1 atom stereocenters. The van der Waals surface area contributed by atoms with Crippen LogP contribution in [-0.2, 0) is 4.79 Å². The largest absolute Gasteiger partial charge is 0.478 e. The van der Waals surface area contributed by atoms with Gasteiger partial charge in [0.15, 0.2) is 0 Å². The molecule has 0 aromatic heterocycles. The van der Waals surface area contributed by atoms with Crippen LogP contribution in [0.5, 0.6) is 0 Å². The van der Waals surface area contributed by atoms with E-state index < -0.39 is 5.97 Å². The molecule has 1 aromatic carbocycles. The third kappa shape index (κ3) is 3.73. The van der Waals surface area contributed by atoms with Crippen LogP contribution in [0.15, 0.2) is 22.7 Å². The molecule has 0 spiro atoms. The van der Waals surface area contributed by atoms with E-state index in [1.807, 2.05) is 0 Å². The molecule has 4 nitrogen and oxygen atoms in total. The van der Waals surface area contributed by atoms with E-state index in [0.717, 1.165) is 25.0 Å². The fourth-order valence-electron chi connectivity index (χ4n) is 1.94. The van der Waals surface area contributed by atoms with Gasteiger partial charge in [-0.1, -0.05) is 6.42 Å². The second kappa shape index (κ2) is 6.43. The SMILES string of the molecule is O=C(O)c1cc(NC(=O)C2CCCCS2)ccc1Br. The monoisotopic (exact) mass is 343 g/mol. The number of hydrogen-bond donors (Lipinski definition) is 2. The highest BCUT2D eigenvalue weighted by molar-refractivity contribution is 9.10. The number of carboxylic acids is 1. The summed E-state index contributed by atoms with van der Waals surface area (Å²) in [4.78, 5) is 23.1. The summed E-state index contributed by atoms with van der Waals surface area (Å²) in [5.74, 6) is -0.0444. The van der Waals surface area contributed by atoms with Crippen LogP contribution >= 0.6 is 27.7 Å². The minimum Gasteiger partial charge on any atom is -0.478 e. The smallest absolute Gasteiger partial charge is 0.336 e. The van der Waals surface area contributed by atoms with Gasteiger partial charge >= 0.3 is 5.97 Å². The molecule has 19 heavy (non-hydrogen) atoms. The number of benzene rings is 1. The summed E-state index contributed by atoms with van der Waals surface area (Å²) >= 11 is 4.84. The number of anilines is 1. The Hall–Kier alpha value is -1.01. The van der Waals surface area contributed by atoms with Crippen LogP contribution in [0.2, 0.25) is 0 Å². The Balaban J connectivity index is 2.08. The second-order valence-corrected chi connectivity index (χ2v) is 6.51. The van der Waals surface area contributed by atoms with Crippen molar-refractivity contribution >= 4 is 45.3 Å². The Morgan fingerprint density at radius 1 is 1.37 bits per heavy atom. The van der Waals surface area contributed by atoms with Crippen LogP contribution in [0.3, 0.4) is 0 Å². The van der Waals surface area contributed by atoms with E-state index in [0.29, 0.717) is 10.2 Å². The highest BCUT2D eigenvalue weighted by Gasteiger charge is 2.22. The van der Waals surface area contributed by atoms with Gasteiger partial charge in [-0.15, -0.1) is 11.8 Å². The molecule has 0 saturated carbocycles. The molecule has 1 fully saturated rings. The number of halogens is 1. The molecule has 0 aliphatic carbocycles. The van der Waals surface area contributed by atoms with E-state index in [4.69, 9.17) is 5.11 Å². The Morgan fingerprint density at radius 2 is 2.16 bits per heavy atom. The van der Waals surface area contributed by atoms with Gasteiger partial charge in [0.25, 0.3) is 0 Å². The van der Waals surface area contributed by atoms with Crippen LogP contribution in [0.4, 0.5) is 5.69 Å². The molecular weight excluding hydrogens is 330 g/mol.